The molecular weight excluding hydrogens is 429 g/mol. The van der Waals surface area contributed by atoms with Crippen LogP contribution in [0.3, 0.4) is 0 Å². The van der Waals surface area contributed by atoms with Crippen molar-refractivity contribution in [3.8, 4) is 11.1 Å². The zero-order valence-corrected chi connectivity index (χ0v) is 17.1. The minimum Gasteiger partial charge on any atom is -0.512 e. The maximum absolute atomic E-state index is 14.5. The van der Waals surface area contributed by atoms with Crippen LogP contribution in [0, 0.1) is 11.6 Å². The van der Waals surface area contributed by atoms with E-state index < -0.39 is 34.8 Å². The fourth-order valence-electron chi connectivity index (χ4n) is 3.24. The molecule has 2 aromatic rings. The number of aliphatic hydroxyl groups is 1. The summed E-state index contributed by atoms with van der Waals surface area (Å²) in [7, 11) is 0. The Morgan fingerprint density at radius 2 is 1.72 bits per heavy atom. The molecule has 1 aliphatic rings. The van der Waals surface area contributed by atoms with Crippen molar-refractivity contribution in [2.45, 2.75) is 20.0 Å². The summed E-state index contributed by atoms with van der Waals surface area (Å²) in [5.74, 6) is -3.23. The first-order chi connectivity index (χ1) is 14.9. The van der Waals surface area contributed by atoms with Crippen LogP contribution in [-0.4, -0.2) is 15.9 Å². The van der Waals surface area contributed by atoms with Gasteiger partial charge in [0.2, 0.25) is 0 Å². The fourth-order valence-corrected chi connectivity index (χ4v) is 3.24. The molecule has 3 rings (SSSR count). The predicted molar refractivity (Wildman–Crippen MR) is 111 cm³/mol. The number of hydrogen-bond acceptors (Lipinski definition) is 2. The molecule has 8 heteroatoms. The molecule has 1 amide bonds. The van der Waals surface area contributed by atoms with Crippen LogP contribution in [-0.2, 0) is 11.0 Å². The van der Waals surface area contributed by atoms with Gasteiger partial charge < -0.3 is 5.11 Å². The van der Waals surface area contributed by atoms with E-state index >= 15 is 0 Å². The van der Waals surface area contributed by atoms with Gasteiger partial charge in [0.15, 0.2) is 0 Å². The van der Waals surface area contributed by atoms with Crippen LogP contribution in [0.1, 0.15) is 25.0 Å². The van der Waals surface area contributed by atoms with Gasteiger partial charge in [-0.25, -0.2) is 8.78 Å². The maximum atomic E-state index is 14.5. The van der Waals surface area contributed by atoms with Crippen LogP contribution < -0.4 is 0 Å². The van der Waals surface area contributed by atoms with Crippen LogP contribution in [0.25, 0.3) is 16.7 Å². The second-order valence-electron chi connectivity index (χ2n) is 7.16. The molecule has 1 N–H and O–H groups in total. The highest BCUT2D eigenvalue weighted by Crippen LogP contribution is 2.35. The number of allylic oxidation sites excluding steroid dienone is 4. The number of alkyl halides is 3. The summed E-state index contributed by atoms with van der Waals surface area (Å²) in [4.78, 5) is 14.3. The van der Waals surface area contributed by atoms with Gasteiger partial charge in [-0.15, -0.1) is 0 Å². The fraction of sp³-hybridized carbons (Fsp3) is 0.125. The second-order valence-corrected chi connectivity index (χ2v) is 7.16. The molecule has 0 aliphatic carbocycles. The van der Waals surface area contributed by atoms with Crippen LogP contribution in [0.4, 0.5) is 22.0 Å². The minimum atomic E-state index is -4.76. The van der Waals surface area contributed by atoms with Gasteiger partial charge in [-0.05, 0) is 55.3 Å². The van der Waals surface area contributed by atoms with E-state index in [0.29, 0.717) is 17.3 Å². The van der Waals surface area contributed by atoms with Gasteiger partial charge in [0.05, 0.1) is 11.1 Å². The smallest absolute Gasteiger partial charge is 0.416 e. The first-order valence-corrected chi connectivity index (χ1v) is 9.36. The number of benzene rings is 2. The van der Waals surface area contributed by atoms with Crippen molar-refractivity contribution in [1.29, 1.82) is 0 Å². The standard InChI is InChI=1S/C24H18F5NO2/c1-13-5-4-10-30(14(13)2)23(32)22(15(3)31)16-6-9-20(25)19(11-16)18-8-7-17(12-21(18)26)24(27,28)29/h4-12,31H,2H2,1,3H3/b22-15+. The Morgan fingerprint density at radius 1 is 1.03 bits per heavy atom. The summed E-state index contributed by atoms with van der Waals surface area (Å²) in [6, 6.07) is 5.00. The van der Waals surface area contributed by atoms with E-state index in [4.69, 9.17) is 0 Å². The minimum absolute atomic E-state index is 0.0547. The van der Waals surface area contributed by atoms with Crippen LogP contribution in [0.2, 0.25) is 0 Å². The normalized spacial score (nSPS) is 14.9. The molecule has 0 saturated carbocycles. The Hall–Kier alpha value is -3.68. The summed E-state index contributed by atoms with van der Waals surface area (Å²) < 4.78 is 67.5. The van der Waals surface area contributed by atoms with E-state index in [1.165, 1.54) is 24.1 Å². The molecule has 0 fully saturated rings. The molecule has 0 atom stereocenters. The van der Waals surface area contributed by atoms with Crippen LogP contribution >= 0.6 is 0 Å². The molecule has 2 aromatic carbocycles. The molecule has 1 aliphatic heterocycles. The third-order valence-electron chi connectivity index (χ3n) is 4.96. The summed E-state index contributed by atoms with van der Waals surface area (Å²) in [6.45, 7) is 6.83. The summed E-state index contributed by atoms with van der Waals surface area (Å²) in [5, 5.41) is 10.2. The predicted octanol–water partition coefficient (Wildman–Crippen LogP) is 6.76. The molecule has 0 spiro atoms. The quantitative estimate of drug-likeness (QED) is 0.321. The molecule has 0 bridgehead atoms. The second kappa shape index (κ2) is 8.45. The number of nitrogens with zero attached hydrogens (tertiary/aromatic N) is 1. The monoisotopic (exact) mass is 447 g/mol. The maximum Gasteiger partial charge on any atom is 0.416 e. The Kier molecular flexibility index (Phi) is 6.07. The number of hydrogen-bond donors (Lipinski definition) is 1. The van der Waals surface area contributed by atoms with Crippen molar-refractivity contribution in [2.75, 3.05) is 0 Å². The zero-order valence-electron chi connectivity index (χ0n) is 17.1. The van der Waals surface area contributed by atoms with Crippen molar-refractivity contribution in [3.63, 3.8) is 0 Å². The lowest BCUT2D eigenvalue weighted by atomic mass is 9.95. The topological polar surface area (TPSA) is 40.5 Å². The molecular formula is C24H18F5NO2. The molecule has 1 heterocycles. The van der Waals surface area contributed by atoms with Crippen molar-refractivity contribution >= 4 is 11.5 Å². The lowest BCUT2D eigenvalue weighted by Crippen LogP contribution is -2.28. The summed E-state index contributed by atoms with van der Waals surface area (Å²) in [5.41, 5.74) is -1.05. The lowest BCUT2D eigenvalue weighted by molar-refractivity contribution is -0.137. The van der Waals surface area contributed by atoms with E-state index in [-0.39, 0.29) is 28.5 Å². The van der Waals surface area contributed by atoms with E-state index in [9.17, 15) is 31.9 Å². The van der Waals surface area contributed by atoms with E-state index in [1.54, 1.807) is 19.1 Å². The number of aliphatic hydroxyl groups excluding tert-OH is 1. The molecule has 166 valence electrons. The van der Waals surface area contributed by atoms with Gasteiger partial charge in [0.25, 0.3) is 5.91 Å². The first-order valence-electron chi connectivity index (χ1n) is 9.36. The Bertz CT molecular complexity index is 1200. The van der Waals surface area contributed by atoms with Crippen molar-refractivity contribution in [2.24, 2.45) is 0 Å². The van der Waals surface area contributed by atoms with Crippen molar-refractivity contribution in [3.05, 3.63) is 101 Å². The van der Waals surface area contributed by atoms with E-state index in [1.807, 2.05) is 0 Å². The molecule has 0 unspecified atom stereocenters. The average Bonchev–Trinajstić information content (AvgIpc) is 2.70. The number of carbonyl (C=O) groups excluding carboxylic acids is 1. The molecule has 0 saturated heterocycles. The lowest BCUT2D eigenvalue weighted by Gasteiger charge is -2.25. The van der Waals surface area contributed by atoms with Crippen LogP contribution in [0.5, 0.6) is 0 Å². The van der Waals surface area contributed by atoms with Crippen molar-refractivity contribution in [1.82, 2.24) is 4.90 Å². The Labute approximate surface area is 181 Å². The number of amides is 1. The molecule has 3 nitrogen and oxygen atoms in total. The van der Waals surface area contributed by atoms with Gasteiger partial charge in [-0.1, -0.05) is 24.8 Å². The van der Waals surface area contributed by atoms with Gasteiger partial charge >= 0.3 is 6.18 Å². The largest absolute Gasteiger partial charge is 0.512 e. The molecule has 0 radical (unpaired) electrons. The first kappa shape index (κ1) is 23.0. The van der Waals surface area contributed by atoms with Gasteiger partial charge in [-0.3, -0.25) is 9.69 Å². The third-order valence-corrected chi connectivity index (χ3v) is 4.96. The van der Waals surface area contributed by atoms with Crippen molar-refractivity contribution < 1.29 is 31.9 Å². The molecule has 0 aromatic heterocycles. The third kappa shape index (κ3) is 4.34. The summed E-state index contributed by atoms with van der Waals surface area (Å²) in [6.07, 6.45) is 0.0399. The highest BCUT2D eigenvalue weighted by atomic mass is 19.4. The van der Waals surface area contributed by atoms with Gasteiger partial charge in [0, 0.05) is 23.0 Å². The highest BCUT2D eigenvalue weighted by Gasteiger charge is 2.31. The van der Waals surface area contributed by atoms with Crippen LogP contribution in [0.15, 0.2) is 78.4 Å². The SMILES string of the molecule is C=C1C(C)=CC=CN1C(=O)/C(=C(\C)O)c1ccc(F)c(-c2ccc(C(F)(F)F)cc2F)c1. The summed E-state index contributed by atoms with van der Waals surface area (Å²) >= 11 is 0. The number of carbonyl (C=O) groups is 1. The number of halogens is 5. The highest BCUT2D eigenvalue weighted by molar-refractivity contribution is 6.21. The van der Waals surface area contributed by atoms with E-state index in [0.717, 1.165) is 18.2 Å². The van der Waals surface area contributed by atoms with Gasteiger partial charge in [0.1, 0.15) is 17.4 Å². The number of rotatable bonds is 3. The van der Waals surface area contributed by atoms with E-state index in [2.05, 4.69) is 6.58 Å². The molecule has 32 heavy (non-hydrogen) atoms. The Morgan fingerprint density at radius 3 is 2.31 bits per heavy atom. The van der Waals surface area contributed by atoms with Gasteiger partial charge in [-0.2, -0.15) is 13.2 Å². The Balaban J connectivity index is 2.08. The zero-order chi connectivity index (χ0) is 23.8. The average molecular weight is 447 g/mol.